The van der Waals surface area contributed by atoms with Crippen LogP contribution in [0.15, 0.2) is 36.8 Å². The average molecular weight is 268 g/mol. The molecule has 0 saturated heterocycles. The second-order valence-electron chi connectivity index (χ2n) is 3.65. The number of hydrogen-bond acceptors (Lipinski definition) is 3. The van der Waals surface area contributed by atoms with Crippen LogP contribution < -0.4 is 5.73 Å². The topological polar surface area (TPSA) is 51.8 Å². The maximum absolute atomic E-state index is 6.10. The van der Waals surface area contributed by atoms with Crippen molar-refractivity contribution in [1.82, 2.24) is 9.97 Å². The van der Waals surface area contributed by atoms with Gasteiger partial charge in [-0.05, 0) is 18.1 Å². The van der Waals surface area contributed by atoms with Crippen molar-refractivity contribution in [2.45, 2.75) is 12.5 Å². The third-order valence-corrected chi connectivity index (χ3v) is 3.29. The van der Waals surface area contributed by atoms with Crippen LogP contribution in [0.5, 0.6) is 0 Å². The molecule has 2 aromatic rings. The molecule has 1 atom stereocenters. The van der Waals surface area contributed by atoms with E-state index in [9.17, 15) is 0 Å². The number of nitrogens with two attached hydrogens (primary N) is 1. The molecule has 88 valence electrons. The van der Waals surface area contributed by atoms with E-state index in [2.05, 4.69) is 9.97 Å². The first kappa shape index (κ1) is 12.3. The summed E-state index contributed by atoms with van der Waals surface area (Å²) in [6.07, 6.45) is 5.47. The Kier molecular flexibility index (Phi) is 3.94. The lowest BCUT2D eigenvalue weighted by molar-refractivity contribution is 0.691. The zero-order chi connectivity index (χ0) is 12.3. The minimum Gasteiger partial charge on any atom is -0.322 e. The van der Waals surface area contributed by atoms with Gasteiger partial charge in [0.25, 0.3) is 0 Å². The van der Waals surface area contributed by atoms with E-state index >= 15 is 0 Å². The Labute approximate surface area is 110 Å². The van der Waals surface area contributed by atoms with Crippen molar-refractivity contribution in [1.29, 1.82) is 0 Å². The van der Waals surface area contributed by atoms with Crippen LogP contribution in [-0.4, -0.2) is 9.97 Å². The van der Waals surface area contributed by atoms with Gasteiger partial charge in [-0.15, -0.1) is 0 Å². The molecule has 0 aliphatic heterocycles. The van der Waals surface area contributed by atoms with Gasteiger partial charge in [-0.25, -0.2) is 0 Å². The first-order valence-corrected chi connectivity index (χ1v) is 5.88. The largest absolute Gasteiger partial charge is 0.322 e. The molecule has 17 heavy (non-hydrogen) atoms. The first-order valence-electron chi connectivity index (χ1n) is 5.13. The molecule has 5 heteroatoms. The third-order valence-electron chi connectivity index (χ3n) is 2.43. The Bertz CT molecular complexity index is 502. The van der Waals surface area contributed by atoms with Crippen molar-refractivity contribution < 1.29 is 0 Å². The maximum atomic E-state index is 6.10. The normalized spacial score (nSPS) is 12.4. The molecule has 1 aromatic heterocycles. The first-order chi connectivity index (χ1) is 8.18. The van der Waals surface area contributed by atoms with Crippen molar-refractivity contribution in [2.24, 2.45) is 5.73 Å². The average Bonchev–Trinajstić information content (AvgIpc) is 2.36. The van der Waals surface area contributed by atoms with Crippen LogP contribution in [0.4, 0.5) is 0 Å². The summed E-state index contributed by atoms with van der Waals surface area (Å²) < 4.78 is 0. The van der Waals surface area contributed by atoms with Gasteiger partial charge in [0.15, 0.2) is 0 Å². The van der Waals surface area contributed by atoms with Crippen molar-refractivity contribution in [3.8, 4) is 0 Å². The summed E-state index contributed by atoms with van der Waals surface area (Å²) in [7, 11) is 0. The highest BCUT2D eigenvalue weighted by atomic mass is 35.5. The van der Waals surface area contributed by atoms with Gasteiger partial charge < -0.3 is 5.73 Å². The van der Waals surface area contributed by atoms with E-state index in [-0.39, 0.29) is 6.04 Å². The van der Waals surface area contributed by atoms with E-state index < -0.39 is 0 Å². The monoisotopic (exact) mass is 267 g/mol. The summed E-state index contributed by atoms with van der Waals surface area (Å²) in [5, 5.41) is 1.09. The lowest BCUT2D eigenvalue weighted by atomic mass is 10.0. The van der Waals surface area contributed by atoms with Gasteiger partial charge >= 0.3 is 0 Å². The molecule has 1 heterocycles. The van der Waals surface area contributed by atoms with E-state index in [0.717, 1.165) is 11.3 Å². The number of benzene rings is 1. The van der Waals surface area contributed by atoms with Crippen LogP contribution in [0.1, 0.15) is 17.3 Å². The van der Waals surface area contributed by atoms with E-state index in [1.165, 1.54) is 0 Å². The second-order valence-corrected chi connectivity index (χ2v) is 4.44. The van der Waals surface area contributed by atoms with Gasteiger partial charge in [0.1, 0.15) is 0 Å². The molecule has 0 amide bonds. The molecule has 0 spiro atoms. The maximum Gasteiger partial charge on any atom is 0.0757 e. The van der Waals surface area contributed by atoms with Crippen LogP contribution in [0, 0.1) is 0 Å². The van der Waals surface area contributed by atoms with Crippen molar-refractivity contribution in [2.75, 3.05) is 0 Å². The summed E-state index contributed by atoms with van der Waals surface area (Å²) >= 11 is 12.0. The molecule has 0 bridgehead atoms. The molecule has 0 radical (unpaired) electrons. The number of rotatable bonds is 3. The number of hydrogen-bond donors (Lipinski definition) is 1. The Morgan fingerprint density at radius 3 is 2.76 bits per heavy atom. The quantitative estimate of drug-likeness (QED) is 0.930. The van der Waals surface area contributed by atoms with Crippen LogP contribution in [0.3, 0.4) is 0 Å². The molecule has 2 N–H and O–H groups in total. The fourth-order valence-corrected chi connectivity index (χ4v) is 1.95. The van der Waals surface area contributed by atoms with E-state index in [0.29, 0.717) is 16.5 Å². The van der Waals surface area contributed by atoms with Crippen LogP contribution in [0.25, 0.3) is 0 Å². The highest BCUT2D eigenvalue weighted by Crippen LogP contribution is 2.27. The van der Waals surface area contributed by atoms with Gasteiger partial charge in [-0.1, -0.05) is 35.3 Å². The van der Waals surface area contributed by atoms with Gasteiger partial charge in [0.2, 0.25) is 0 Å². The van der Waals surface area contributed by atoms with Crippen molar-refractivity contribution in [3.63, 3.8) is 0 Å². The molecule has 0 saturated carbocycles. The molecule has 1 aromatic carbocycles. The Hall–Kier alpha value is -1.16. The Morgan fingerprint density at radius 2 is 2.06 bits per heavy atom. The van der Waals surface area contributed by atoms with Gasteiger partial charge in [0.05, 0.1) is 21.8 Å². The fraction of sp³-hybridized carbons (Fsp3) is 0.167. The summed E-state index contributed by atoms with van der Waals surface area (Å²) in [5.41, 5.74) is 7.70. The predicted molar refractivity (Wildman–Crippen MR) is 69.1 cm³/mol. The number of aromatic nitrogens is 2. The molecular formula is C12H11Cl2N3. The minimum atomic E-state index is -0.236. The number of halogens is 2. The van der Waals surface area contributed by atoms with E-state index in [1.807, 2.05) is 12.1 Å². The standard InChI is InChI=1S/C12H11Cl2N3/c13-9-3-1-2-8(12(9)14)6-10(15)11-7-16-4-5-17-11/h1-5,7,10H,6,15H2. The van der Waals surface area contributed by atoms with Gasteiger partial charge in [-0.2, -0.15) is 0 Å². The summed E-state index contributed by atoms with van der Waals surface area (Å²) in [4.78, 5) is 8.15. The highest BCUT2D eigenvalue weighted by molar-refractivity contribution is 6.42. The molecule has 0 aliphatic rings. The summed E-state index contributed by atoms with van der Waals surface area (Å²) in [5.74, 6) is 0. The minimum absolute atomic E-state index is 0.236. The summed E-state index contributed by atoms with van der Waals surface area (Å²) in [6, 6.07) is 5.28. The molecule has 1 unspecified atom stereocenters. The molecular weight excluding hydrogens is 257 g/mol. The lowest BCUT2D eigenvalue weighted by Crippen LogP contribution is -2.15. The fourth-order valence-electron chi connectivity index (χ4n) is 1.55. The predicted octanol–water partition coefficient (Wildman–Crippen LogP) is 3.03. The Balaban J connectivity index is 2.19. The van der Waals surface area contributed by atoms with Crippen LogP contribution in [0.2, 0.25) is 10.0 Å². The molecule has 2 rings (SSSR count). The van der Waals surface area contributed by atoms with E-state index in [1.54, 1.807) is 24.7 Å². The Morgan fingerprint density at radius 1 is 1.24 bits per heavy atom. The number of nitrogens with zero attached hydrogens (tertiary/aromatic N) is 2. The smallest absolute Gasteiger partial charge is 0.0757 e. The van der Waals surface area contributed by atoms with Crippen molar-refractivity contribution >= 4 is 23.2 Å². The zero-order valence-corrected chi connectivity index (χ0v) is 10.5. The highest BCUT2D eigenvalue weighted by Gasteiger charge is 2.12. The van der Waals surface area contributed by atoms with Crippen molar-refractivity contribution in [3.05, 3.63) is 58.1 Å². The van der Waals surface area contributed by atoms with Gasteiger partial charge in [0, 0.05) is 18.6 Å². The van der Waals surface area contributed by atoms with Crippen LogP contribution in [-0.2, 0) is 6.42 Å². The summed E-state index contributed by atoms with van der Waals surface area (Å²) in [6.45, 7) is 0. The van der Waals surface area contributed by atoms with Crippen LogP contribution >= 0.6 is 23.2 Å². The molecule has 3 nitrogen and oxygen atoms in total. The molecule has 0 fully saturated rings. The zero-order valence-electron chi connectivity index (χ0n) is 8.98. The lowest BCUT2D eigenvalue weighted by Gasteiger charge is -2.12. The van der Waals surface area contributed by atoms with Gasteiger partial charge in [-0.3, -0.25) is 9.97 Å². The SMILES string of the molecule is NC(Cc1cccc(Cl)c1Cl)c1cnccn1. The second kappa shape index (κ2) is 5.45. The molecule has 0 aliphatic carbocycles. The van der Waals surface area contributed by atoms with E-state index in [4.69, 9.17) is 28.9 Å². The third kappa shape index (κ3) is 2.94.